The Morgan fingerprint density at radius 1 is 1.09 bits per heavy atom. The minimum atomic E-state index is -0.770. The number of fused-ring (bicyclic) bond motifs is 1. The minimum Gasteiger partial charge on any atom is -0.373 e. The van der Waals surface area contributed by atoms with Crippen molar-refractivity contribution in [2.24, 2.45) is 7.05 Å². The molecule has 1 aromatic carbocycles. The number of benzene rings is 1. The van der Waals surface area contributed by atoms with Gasteiger partial charge in [-0.2, -0.15) is 5.10 Å². The van der Waals surface area contributed by atoms with E-state index in [1.807, 2.05) is 17.1 Å². The van der Waals surface area contributed by atoms with E-state index in [4.69, 9.17) is 9.72 Å². The number of hydrogen-bond acceptors (Lipinski definition) is 6. The van der Waals surface area contributed by atoms with Crippen molar-refractivity contribution in [1.29, 1.82) is 0 Å². The van der Waals surface area contributed by atoms with Crippen LogP contribution in [-0.2, 0) is 11.8 Å². The van der Waals surface area contributed by atoms with Crippen LogP contribution in [-0.4, -0.2) is 35.9 Å². The summed E-state index contributed by atoms with van der Waals surface area (Å²) in [7, 11) is 1.62. The number of ether oxygens (including phenoxy) is 1. The topological polar surface area (TPSA) is 87.7 Å². The summed E-state index contributed by atoms with van der Waals surface area (Å²) in [5.74, 6) is -0.698. The lowest BCUT2D eigenvalue weighted by Crippen LogP contribution is -2.25. The zero-order valence-electron chi connectivity index (χ0n) is 19.4. The lowest BCUT2D eigenvalue weighted by molar-refractivity contribution is 0.00397. The van der Waals surface area contributed by atoms with Crippen molar-refractivity contribution in [3.8, 4) is 11.3 Å². The summed E-state index contributed by atoms with van der Waals surface area (Å²) >= 11 is 0. The molecule has 3 aromatic heterocycles. The van der Waals surface area contributed by atoms with Crippen molar-refractivity contribution in [1.82, 2.24) is 29.3 Å². The number of aryl methyl sites for hydroxylation is 1. The summed E-state index contributed by atoms with van der Waals surface area (Å²) in [6, 6.07) is 3.78. The molecule has 0 amide bonds. The normalized spacial score (nSPS) is 20.5. The molecule has 2 aliphatic rings. The molecule has 0 N–H and O–H groups in total. The SMILES string of the molecule is Cc1nc2c(-c3ccc(F)cc3F)nc([C@H]3CCO[C@H](c4cnn(C5CC5)c4)C3)nc2c(=O)n1C. The minimum absolute atomic E-state index is 0.0783. The molecule has 0 spiro atoms. The fourth-order valence-corrected chi connectivity index (χ4v) is 4.64. The van der Waals surface area contributed by atoms with Crippen LogP contribution in [0.1, 0.15) is 61.0 Å². The predicted molar refractivity (Wildman–Crippen MR) is 124 cm³/mol. The first-order chi connectivity index (χ1) is 16.9. The molecule has 1 saturated carbocycles. The molecular weight excluding hydrogens is 454 g/mol. The molecule has 6 rings (SSSR count). The van der Waals surface area contributed by atoms with E-state index in [0.29, 0.717) is 37.1 Å². The van der Waals surface area contributed by atoms with Crippen molar-refractivity contribution < 1.29 is 13.5 Å². The van der Waals surface area contributed by atoms with Gasteiger partial charge in [-0.3, -0.25) is 14.0 Å². The molecular formula is C25H24F2N6O2. The van der Waals surface area contributed by atoms with Crippen LogP contribution in [0.25, 0.3) is 22.3 Å². The molecule has 4 heterocycles. The Bertz CT molecular complexity index is 1510. The summed E-state index contributed by atoms with van der Waals surface area (Å²) in [4.78, 5) is 26.9. The van der Waals surface area contributed by atoms with Gasteiger partial charge in [0.25, 0.3) is 5.56 Å². The quantitative estimate of drug-likeness (QED) is 0.438. The second-order valence-corrected chi connectivity index (χ2v) is 9.34. The van der Waals surface area contributed by atoms with Crippen LogP contribution in [0.15, 0.2) is 35.4 Å². The molecule has 1 aliphatic carbocycles. The van der Waals surface area contributed by atoms with Crippen molar-refractivity contribution in [2.75, 3.05) is 6.61 Å². The fourth-order valence-electron chi connectivity index (χ4n) is 4.64. The van der Waals surface area contributed by atoms with Gasteiger partial charge in [0.05, 0.1) is 18.3 Å². The molecule has 2 atom stereocenters. The van der Waals surface area contributed by atoms with Gasteiger partial charge >= 0.3 is 0 Å². The van der Waals surface area contributed by atoms with E-state index in [0.717, 1.165) is 24.5 Å². The average Bonchev–Trinajstić information content (AvgIpc) is 3.59. The predicted octanol–water partition coefficient (Wildman–Crippen LogP) is 4.14. The first-order valence-corrected chi connectivity index (χ1v) is 11.8. The van der Waals surface area contributed by atoms with Gasteiger partial charge in [0, 0.05) is 43.0 Å². The molecule has 8 nitrogen and oxygen atoms in total. The van der Waals surface area contributed by atoms with Gasteiger partial charge in [-0.25, -0.2) is 23.7 Å². The Morgan fingerprint density at radius 3 is 2.69 bits per heavy atom. The van der Waals surface area contributed by atoms with E-state index >= 15 is 0 Å². The Labute approximate surface area is 199 Å². The van der Waals surface area contributed by atoms with E-state index in [1.165, 1.54) is 16.7 Å². The smallest absolute Gasteiger partial charge is 0.279 e. The van der Waals surface area contributed by atoms with E-state index in [9.17, 15) is 13.6 Å². The zero-order valence-corrected chi connectivity index (χ0v) is 19.4. The molecule has 180 valence electrons. The standard InChI is InChI=1S/C25H24F2N6O2/c1-13-29-22-21(18-6-3-16(26)10-19(18)27)30-24(31-23(22)25(34)32(13)2)14-7-8-35-20(9-14)15-11-28-33(12-15)17-4-5-17/h3,6,10-12,14,17,20H,4-5,7-9H2,1-2H3/t14-,20-/m0/s1. The maximum atomic E-state index is 14.8. The monoisotopic (exact) mass is 478 g/mol. The second kappa shape index (κ2) is 8.30. The number of halogens is 2. The van der Waals surface area contributed by atoms with Gasteiger partial charge in [0.15, 0.2) is 5.52 Å². The third-order valence-corrected chi connectivity index (χ3v) is 6.92. The molecule has 0 radical (unpaired) electrons. The number of rotatable bonds is 4. The summed E-state index contributed by atoms with van der Waals surface area (Å²) in [5, 5.41) is 4.47. The van der Waals surface area contributed by atoms with Crippen LogP contribution in [0.4, 0.5) is 8.78 Å². The van der Waals surface area contributed by atoms with Crippen molar-refractivity contribution in [3.63, 3.8) is 0 Å². The highest BCUT2D eigenvalue weighted by atomic mass is 19.1. The largest absolute Gasteiger partial charge is 0.373 e. The average molecular weight is 479 g/mol. The molecule has 1 saturated heterocycles. The maximum Gasteiger partial charge on any atom is 0.279 e. The van der Waals surface area contributed by atoms with E-state index in [2.05, 4.69) is 15.1 Å². The summed E-state index contributed by atoms with van der Waals surface area (Å²) < 4.78 is 37.9. The molecule has 35 heavy (non-hydrogen) atoms. The van der Waals surface area contributed by atoms with Crippen LogP contribution in [0.2, 0.25) is 0 Å². The zero-order chi connectivity index (χ0) is 24.3. The second-order valence-electron chi connectivity index (χ2n) is 9.34. The highest BCUT2D eigenvalue weighted by Gasteiger charge is 2.31. The number of hydrogen-bond donors (Lipinski definition) is 0. The van der Waals surface area contributed by atoms with Crippen molar-refractivity contribution in [3.05, 3.63) is 69.8 Å². The van der Waals surface area contributed by atoms with Crippen LogP contribution in [0.5, 0.6) is 0 Å². The summed E-state index contributed by atoms with van der Waals surface area (Å²) in [6.07, 6.45) is 7.25. The third-order valence-electron chi connectivity index (χ3n) is 6.92. The van der Waals surface area contributed by atoms with Gasteiger partial charge in [0.1, 0.15) is 34.5 Å². The molecule has 0 unspecified atom stereocenters. The van der Waals surface area contributed by atoms with Gasteiger partial charge < -0.3 is 4.74 Å². The molecule has 10 heteroatoms. The van der Waals surface area contributed by atoms with E-state index < -0.39 is 11.6 Å². The Balaban J connectivity index is 1.45. The summed E-state index contributed by atoms with van der Waals surface area (Å²) in [5.41, 5.74) is 1.25. The number of aromatic nitrogens is 6. The van der Waals surface area contributed by atoms with Crippen molar-refractivity contribution in [2.45, 2.75) is 50.7 Å². The van der Waals surface area contributed by atoms with Crippen LogP contribution < -0.4 is 5.56 Å². The highest BCUT2D eigenvalue weighted by molar-refractivity contribution is 5.88. The molecule has 4 aromatic rings. The van der Waals surface area contributed by atoms with Gasteiger partial charge in [-0.1, -0.05) is 0 Å². The van der Waals surface area contributed by atoms with Gasteiger partial charge in [-0.15, -0.1) is 0 Å². The van der Waals surface area contributed by atoms with Crippen LogP contribution in [0, 0.1) is 18.6 Å². The lowest BCUT2D eigenvalue weighted by atomic mass is 9.92. The van der Waals surface area contributed by atoms with Crippen LogP contribution >= 0.6 is 0 Å². The lowest BCUT2D eigenvalue weighted by Gasteiger charge is -2.28. The van der Waals surface area contributed by atoms with E-state index in [1.54, 1.807) is 14.0 Å². The first kappa shape index (κ1) is 22.0. The molecule has 1 aliphatic heterocycles. The first-order valence-electron chi connectivity index (χ1n) is 11.8. The maximum absolute atomic E-state index is 14.8. The summed E-state index contributed by atoms with van der Waals surface area (Å²) in [6.45, 7) is 2.18. The number of nitrogens with zero attached hydrogens (tertiary/aromatic N) is 6. The molecule has 2 fully saturated rings. The fraction of sp³-hybridized carbons (Fsp3) is 0.400. The Kier molecular flexibility index (Phi) is 5.21. The Hall–Kier alpha value is -3.53. The Morgan fingerprint density at radius 2 is 1.91 bits per heavy atom. The van der Waals surface area contributed by atoms with Gasteiger partial charge in [0.2, 0.25) is 0 Å². The third kappa shape index (κ3) is 3.91. The van der Waals surface area contributed by atoms with Crippen LogP contribution in [0.3, 0.4) is 0 Å². The van der Waals surface area contributed by atoms with Crippen molar-refractivity contribution >= 4 is 11.0 Å². The van der Waals surface area contributed by atoms with E-state index in [-0.39, 0.29) is 39.9 Å². The molecule has 0 bridgehead atoms. The highest BCUT2D eigenvalue weighted by Crippen LogP contribution is 2.39. The van der Waals surface area contributed by atoms with Gasteiger partial charge in [-0.05, 0) is 44.7 Å².